The summed E-state index contributed by atoms with van der Waals surface area (Å²) in [7, 11) is 0. The summed E-state index contributed by atoms with van der Waals surface area (Å²) in [4.78, 5) is 0. The fourth-order valence-electron chi connectivity index (χ4n) is 1.79. The molecule has 17 heavy (non-hydrogen) atoms. The highest BCUT2D eigenvalue weighted by molar-refractivity contribution is 6.30. The lowest BCUT2D eigenvalue weighted by Crippen LogP contribution is -2.31. The first kappa shape index (κ1) is 12.7. The zero-order chi connectivity index (χ0) is 12.3. The second-order valence-electron chi connectivity index (χ2n) is 4.50. The molecule has 0 heterocycles. The van der Waals surface area contributed by atoms with Crippen LogP contribution in [0.5, 0.6) is 5.75 Å². The maximum absolute atomic E-state index is 13.1. The first-order chi connectivity index (χ1) is 8.16. The van der Waals surface area contributed by atoms with Crippen molar-refractivity contribution in [2.75, 3.05) is 13.2 Å². The van der Waals surface area contributed by atoms with E-state index in [0.29, 0.717) is 18.4 Å². The summed E-state index contributed by atoms with van der Waals surface area (Å²) >= 11 is 5.58. The molecule has 0 amide bonds. The third-order valence-corrected chi connectivity index (χ3v) is 3.36. The van der Waals surface area contributed by atoms with E-state index in [9.17, 15) is 4.39 Å². The van der Waals surface area contributed by atoms with Gasteiger partial charge in [0.25, 0.3) is 0 Å². The Balaban J connectivity index is 1.68. The molecule has 2 rings (SSSR count). The van der Waals surface area contributed by atoms with Crippen LogP contribution in [0.25, 0.3) is 0 Å². The van der Waals surface area contributed by atoms with Crippen LogP contribution in [0.4, 0.5) is 4.39 Å². The molecule has 1 aromatic carbocycles. The van der Waals surface area contributed by atoms with Gasteiger partial charge in [0, 0.05) is 18.7 Å². The van der Waals surface area contributed by atoms with Gasteiger partial charge in [-0.25, -0.2) is 4.39 Å². The minimum absolute atomic E-state index is 0.123. The molecule has 0 bridgehead atoms. The molecule has 1 aliphatic carbocycles. The van der Waals surface area contributed by atoms with Crippen molar-refractivity contribution < 1.29 is 9.13 Å². The molecule has 4 heteroatoms. The Morgan fingerprint density at radius 1 is 1.53 bits per heavy atom. The SMILES string of the molecule is CC(NCCOc1ccc(Cl)c(F)c1)C1CC1. The van der Waals surface area contributed by atoms with Gasteiger partial charge in [0.05, 0.1) is 5.02 Å². The molecule has 0 aliphatic heterocycles. The van der Waals surface area contributed by atoms with Crippen LogP contribution in [0, 0.1) is 11.7 Å². The summed E-state index contributed by atoms with van der Waals surface area (Å²) in [6.07, 6.45) is 2.66. The summed E-state index contributed by atoms with van der Waals surface area (Å²) in [5.41, 5.74) is 0. The van der Waals surface area contributed by atoms with E-state index in [1.807, 2.05) is 0 Å². The lowest BCUT2D eigenvalue weighted by molar-refractivity contribution is 0.302. The van der Waals surface area contributed by atoms with Gasteiger partial charge in [-0.05, 0) is 37.8 Å². The molecular formula is C13H17ClFNO. The fourth-order valence-corrected chi connectivity index (χ4v) is 1.90. The summed E-state index contributed by atoms with van der Waals surface area (Å²) in [6.45, 7) is 3.51. The second kappa shape index (κ2) is 5.69. The van der Waals surface area contributed by atoms with Gasteiger partial charge in [-0.1, -0.05) is 11.6 Å². The van der Waals surface area contributed by atoms with Gasteiger partial charge in [0.2, 0.25) is 0 Å². The Bertz CT molecular complexity index is 382. The minimum Gasteiger partial charge on any atom is -0.492 e. The molecule has 0 radical (unpaired) electrons. The Kier molecular flexibility index (Phi) is 4.24. The van der Waals surface area contributed by atoms with E-state index in [0.717, 1.165) is 12.5 Å². The standard InChI is InChI=1S/C13H17ClFNO/c1-9(10-2-3-10)16-6-7-17-11-4-5-12(14)13(15)8-11/h4-5,8-10,16H,2-3,6-7H2,1H3. The van der Waals surface area contributed by atoms with Crippen molar-refractivity contribution in [1.29, 1.82) is 0 Å². The summed E-state index contributed by atoms with van der Waals surface area (Å²) < 4.78 is 18.5. The molecular weight excluding hydrogens is 241 g/mol. The molecule has 94 valence electrons. The van der Waals surface area contributed by atoms with Gasteiger partial charge >= 0.3 is 0 Å². The van der Waals surface area contributed by atoms with E-state index >= 15 is 0 Å². The van der Waals surface area contributed by atoms with E-state index in [2.05, 4.69) is 12.2 Å². The number of nitrogens with one attached hydrogen (secondary N) is 1. The molecule has 0 spiro atoms. The van der Waals surface area contributed by atoms with Gasteiger partial charge in [-0.15, -0.1) is 0 Å². The molecule has 2 nitrogen and oxygen atoms in total. The van der Waals surface area contributed by atoms with E-state index in [1.54, 1.807) is 6.07 Å². The Hall–Kier alpha value is -0.800. The summed E-state index contributed by atoms with van der Waals surface area (Å²) in [5, 5.41) is 3.52. The van der Waals surface area contributed by atoms with Crippen LogP contribution < -0.4 is 10.1 Å². The maximum Gasteiger partial charge on any atom is 0.145 e. The normalized spacial score (nSPS) is 16.9. The molecule has 0 saturated heterocycles. The van der Waals surface area contributed by atoms with Crippen LogP contribution in [-0.2, 0) is 0 Å². The predicted molar refractivity (Wildman–Crippen MR) is 67.1 cm³/mol. The maximum atomic E-state index is 13.1. The van der Waals surface area contributed by atoms with Gasteiger partial charge < -0.3 is 10.1 Å². The van der Waals surface area contributed by atoms with Crippen LogP contribution in [0.3, 0.4) is 0 Å². The number of rotatable bonds is 6. The average molecular weight is 258 g/mol. The van der Waals surface area contributed by atoms with Crippen LogP contribution >= 0.6 is 11.6 Å². The third kappa shape index (κ3) is 3.86. The number of hydrogen-bond donors (Lipinski definition) is 1. The molecule has 0 aromatic heterocycles. The van der Waals surface area contributed by atoms with Crippen molar-refractivity contribution in [2.45, 2.75) is 25.8 Å². The van der Waals surface area contributed by atoms with Gasteiger partial charge in [-0.3, -0.25) is 0 Å². The number of benzene rings is 1. The van der Waals surface area contributed by atoms with E-state index < -0.39 is 5.82 Å². The summed E-state index contributed by atoms with van der Waals surface area (Å²) in [6, 6.07) is 5.05. The van der Waals surface area contributed by atoms with E-state index in [-0.39, 0.29) is 5.02 Å². The topological polar surface area (TPSA) is 21.3 Å². The lowest BCUT2D eigenvalue weighted by atomic mass is 10.2. The molecule has 1 unspecified atom stereocenters. The summed E-state index contributed by atoms with van der Waals surface area (Å²) in [5.74, 6) is 0.916. The smallest absolute Gasteiger partial charge is 0.145 e. The quantitative estimate of drug-likeness (QED) is 0.790. The zero-order valence-corrected chi connectivity index (χ0v) is 10.6. The van der Waals surface area contributed by atoms with Crippen LogP contribution in [0.1, 0.15) is 19.8 Å². The first-order valence-corrected chi connectivity index (χ1v) is 6.36. The third-order valence-electron chi connectivity index (χ3n) is 3.06. The lowest BCUT2D eigenvalue weighted by Gasteiger charge is -2.13. The Morgan fingerprint density at radius 3 is 2.94 bits per heavy atom. The van der Waals surface area contributed by atoms with Crippen LogP contribution in [0.2, 0.25) is 5.02 Å². The van der Waals surface area contributed by atoms with Crippen molar-refractivity contribution in [2.24, 2.45) is 5.92 Å². The largest absolute Gasteiger partial charge is 0.492 e. The molecule has 1 saturated carbocycles. The molecule has 1 fully saturated rings. The van der Waals surface area contributed by atoms with Crippen molar-refractivity contribution in [1.82, 2.24) is 5.32 Å². The molecule has 1 N–H and O–H groups in total. The van der Waals surface area contributed by atoms with E-state index in [4.69, 9.17) is 16.3 Å². The van der Waals surface area contributed by atoms with Crippen molar-refractivity contribution in [3.8, 4) is 5.75 Å². The average Bonchev–Trinajstić information content (AvgIpc) is 3.13. The van der Waals surface area contributed by atoms with Crippen LogP contribution in [0.15, 0.2) is 18.2 Å². The predicted octanol–water partition coefficient (Wildman–Crippen LogP) is 3.25. The highest BCUT2D eigenvalue weighted by atomic mass is 35.5. The van der Waals surface area contributed by atoms with Crippen molar-refractivity contribution in [3.05, 3.63) is 29.0 Å². The highest BCUT2D eigenvalue weighted by Crippen LogP contribution is 2.32. The van der Waals surface area contributed by atoms with Gasteiger partial charge in [0.1, 0.15) is 18.2 Å². The van der Waals surface area contributed by atoms with Crippen molar-refractivity contribution in [3.63, 3.8) is 0 Å². The zero-order valence-electron chi connectivity index (χ0n) is 9.88. The monoisotopic (exact) mass is 257 g/mol. The molecule has 1 aliphatic rings. The van der Waals surface area contributed by atoms with Gasteiger partial charge in [-0.2, -0.15) is 0 Å². The second-order valence-corrected chi connectivity index (χ2v) is 4.91. The number of ether oxygens (including phenoxy) is 1. The fraction of sp³-hybridized carbons (Fsp3) is 0.538. The minimum atomic E-state index is -0.441. The molecule has 1 aromatic rings. The Morgan fingerprint density at radius 2 is 2.29 bits per heavy atom. The number of hydrogen-bond acceptors (Lipinski definition) is 2. The first-order valence-electron chi connectivity index (χ1n) is 5.98. The van der Waals surface area contributed by atoms with E-state index in [1.165, 1.54) is 25.0 Å². The molecule has 1 atom stereocenters. The Labute approximate surface area is 106 Å². The van der Waals surface area contributed by atoms with Crippen molar-refractivity contribution >= 4 is 11.6 Å². The highest BCUT2D eigenvalue weighted by Gasteiger charge is 2.27. The van der Waals surface area contributed by atoms with Gasteiger partial charge in [0.15, 0.2) is 0 Å². The number of halogens is 2. The van der Waals surface area contributed by atoms with Crippen LogP contribution in [-0.4, -0.2) is 19.2 Å².